The molecule has 0 amide bonds. The molecule has 2 aromatic rings. The van der Waals surface area contributed by atoms with Crippen molar-refractivity contribution in [2.75, 3.05) is 14.1 Å². The Kier molecular flexibility index (Phi) is 4.37. The van der Waals surface area contributed by atoms with Gasteiger partial charge in [0.15, 0.2) is 0 Å². The van der Waals surface area contributed by atoms with Gasteiger partial charge in [0.1, 0.15) is 16.9 Å². The predicted octanol–water partition coefficient (Wildman–Crippen LogP) is 3.29. The molecule has 122 valence electrons. The summed E-state index contributed by atoms with van der Waals surface area (Å²) in [6.07, 6.45) is 3.88. The summed E-state index contributed by atoms with van der Waals surface area (Å²) < 4.78 is 5.98. The lowest BCUT2D eigenvalue weighted by molar-refractivity contribution is 0.0399. The van der Waals surface area contributed by atoms with Gasteiger partial charge in [-0.05, 0) is 52.1 Å². The van der Waals surface area contributed by atoms with Crippen molar-refractivity contribution in [3.8, 4) is 16.3 Å². The zero-order valence-electron chi connectivity index (χ0n) is 13.4. The highest BCUT2D eigenvalue weighted by Crippen LogP contribution is 2.33. The molecular formula is C17H20N2O3S. The van der Waals surface area contributed by atoms with E-state index in [1.165, 1.54) is 0 Å². The van der Waals surface area contributed by atoms with Gasteiger partial charge in [-0.15, -0.1) is 11.3 Å². The van der Waals surface area contributed by atoms with Gasteiger partial charge in [-0.3, -0.25) is 0 Å². The monoisotopic (exact) mass is 332 g/mol. The summed E-state index contributed by atoms with van der Waals surface area (Å²) in [7, 11) is 4.13. The minimum Gasteiger partial charge on any atom is -0.490 e. The maximum Gasteiger partial charge on any atom is 0.335 e. The Labute approximate surface area is 139 Å². The highest BCUT2D eigenvalue weighted by Gasteiger charge is 2.32. The number of carboxylic acid groups (broad SMARTS) is 1. The third-order valence-corrected chi connectivity index (χ3v) is 5.09. The van der Waals surface area contributed by atoms with E-state index in [-0.39, 0.29) is 11.7 Å². The van der Waals surface area contributed by atoms with E-state index in [1.807, 2.05) is 13.0 Å². The number of nitrogens with zero attached hydrogens (tertiary/aromatic N) is 2. The van der Waals surface area contributed by atoms with Crippen LogP contribution >= 0.6 is 11.3 Å². The molecule has 1 saturated carbocycles. The van der Waals surface area contributed by atoms with Gasteiger partial charge in [0, 0.05) is 22.7 Å². The molecular weight excluding hydrogens is 312 g/mol. The van der Waals surface area contributed by atoms with Gasteiger partial charge >= 0.3 is 5.97 Å². The Balaban J connectivity index is 1.82. The number of thiazole rings is 1. The molecule has 1 fully saturated rings. The number of aromatic carboxylic acids is 1. The van der Waals surface area contributed by atoms with Crippen LogP contribution in [0.3, 0.4) is 0 Å². The average molecular weight is 332 g/mol. The molecule has 5 nitrogen and oxygen atoms in total. The topological polar surface area (TPSA) is 62.7 Å². The van der Waals surface area contributed by atoms with Crippen LogP contribution in [-0.4, -0.2) is 47.2 Å². The second-order valence-electron chi connectivity index (χ2n) is 6.16. The minimum atomic E-state index is -0.954. The first-order chi connectivity index (χ1) is 10.9. The molecule has 0 bridgehead atoms. The molecule has 0 radical (unpaired) electrons. The molecule has 1 aromatic heterocycles. The van der Waals surface area contributed by atoms with Crippen LogP contribution in [-0.2, 0) is 0 Å². The molecule has 23 heavy (non-hydrogen) atoms. The van der Waals surface area contributed by atoms with Crippen LogP contribution in [0.4, 0.5) is 0 Å². The van der Waals surface area contributed by atoms with Gasteiger partial charge in [0.05, 0.1) is 5.56 Å². The van der Waals surface area contributed by atoms with Gasteiger partial charge < -0.3 is 14.7 Å². The normalized spacial score (nSPS) is 20.3. The highest BCUT2D eigenvalue weighted by atomic mass is 32.1. The lowest BCUT2D eigenvalue weighted by Gasteiger charge is -2.39. The van der Waals surface area contributed by atoms with Crippen molar-refractivity contribution in [1.82, 2.24) is 9.88 Å². The zero-order valence-corrected chi connectivity index (χ0v) is 14.3. The summed E-state index contributed by atoms with van der Waals surface area (Å²) in [4.78, 5) is 19.0. The Morgan fingerprint density at radius 2 is 2.09 bits per heavy atom. The molecule has 1 aliphatic carbocycles. The molecule has 0 spiro atoms. The van der Waals surface area contributed by atoms with Crippen LogP contribution < -0.4 is 4.74 Å². The van der Waals surface area contributed by atoms with Crippen molar-refractivity contribution in [2.24, 2.45) is 0 Å². The van der Waals surface area contributed by atoms with E-state index in [1.54, 1.807) is 29.7 Å². The number of hydrogen-bond donors (Lipinski definition) is 1. The second kappa shape index (κ2) is 6.29. The Hall–Kier alpha value is -1.92. The first-order valence-electron chi connectivity index (χ1n) is 7.56. The van der Waals surface area contributed by atoms with E-state index in [4.69, 9.17) is 4.74 Å². The quantitative estimate of drug-likeness (QED) is 0.910. The number of benzene rings is 1. The fourth-order valence-corrected chi connectivity index (χ4v) is 3.40. The van der Waals surface area contributed by atoms with Crippen molar-refractivity contribution in [2.45, 2.75) is 31.9 Å². The van der Waals surface area contributed by atoms with Gasteiger partial charge in [0.2, 0.25) is 0 Å². The molecule has 0 saturated heterocycles. The average Bonchev–Trinajstić information content (AvgIpc) is 2.88. The minimum absolute atomic E-state index is 0.150. The molecule has 1 N–H and O–H groups in total. The van der Waals surface area contributed by atoms with Gasteiger partial charge in [-0.2, -0.15) is 0 Å². The molecule has 0 atom stereocenters. The molecule has 0 unspecified atom stereocenters. The fourth-order valence-electron chi connectivity index (χ4n) is 2.65. The summed E-state index contributed by atoms with van der Waals surface area (Å²) in [5.41, 5.74) is 1.02. The van der Waals surface area contributed by atoms with E-state index in [0.29, 0.717) is 11.8 Å². The molecule has 1 aliphatic rings. The zero-order chi connectivity index (χ0) is 16.6. The number of rotatable bonds is 5. The molecule has 6 heteroatoms. The van der Waals surface area contributed by atoms with Crippen LogP contribution in [0.15, 0.2) is 24.4 Å². The Bertz CT molecular complexity index is 720. The van der Waals surface area contributed by atoms with Crippen LogP contribution in [0, 0.1) is 6.92 Å². The van der Waals surface area contributed by atoms with Crippen LogP contribution in [0.1, 0.15) is 28.1 Å². The van der Waals surface area contributed by atoms with Crippen LogP contribution in [0.25, 0.3) is 10.6 Å². The highest BCUT2D eigenvalue weighted by molar-refractivity contribution is 7.14. The molecule has 1 heterocycles. The second-order valence-corrected chi connectivity index (χ2v) is 7.39. The van der Waals surface area contributed by atoms with Gasteiger partial charge in [-0.1, -0.05) is 0 Å². The maximum absolute atomic E-state index is 11.4. The van der Waals surface area contributed by atoms with E-state index in [2.05, 4.69) is 24.0 Å². The van der Waals surface area contributed by atoms with Gasteiger partial charge in [-0.25, -0.2) is 9.78 Å². The summed E-state index contributed by atoms with van der Waals surface area (Å²) in [5.74, 6) is -0.347. The number of aryl methyl sites for hydroxylation is 1. The van der Waals surface area contributed by atoms with Crippen molar-refractivity contribution >= 4 is 17.3 Å². The summed E-state index contributed by atoms with van der Waals surface area (Å²) in [5, 5.41) is 10.1. The standard InChI is InChI=1S/C17H20N2O3S/c1-10-9-18-16(23-10)11-4-12(17(20)21)6-14(5-11)22-15-7-13(8-15)19(2)3/h4-6,9,13,15H,7-8H2,1-3H3,(H,20,21)/t13-,15-. The van der Waals surface area contributed by atoms with Crippen molar-refractivity contribution < 1.29 is 14.6 Å². The number of carbonyl (C=O) groups is 1. The van der Waals surface area contributed by atoms with Crippen LogP contribution in [0.5, 0.6) is 5.75 Å². The number of hydrogen-bond acceptors (Lipinski definition) is 5. The number of carboxylic acids is 1. The SMILES string of the molecule is Cc1cnc(-c2cc(O[C@H]3C[C@H](N(C)C)C3)cc(C(=O)O)c2)s1. The summed E-state index contributed by atoms with van der Waals surface area (Å²) in [6, 6.07) is 5.67. The first kappa shape index (κ1) is 16.0. The largest absolute Gasteiger partial charge is 0.490 e. The predicted molar refractivity (Wildman–Crippen MR) is 90.4 cm³/mol. The van der Waals surface area contributed by atoms with Gasteiger partial charge in [0.25, 0.3) is 0 Å². The smallest absolute Gasteiger partial charge is 0.335 e. The van der Waals surface area contributed by atoms with E-state index >= 15 is 0 Å². The van der Waals surface area contributed by atoms with Crippen LogP contribution in [0.2, 0.25) is 0 Å². The lowest BCUT2D eigenvalue weighted by atomic mass is 9.88. The third-order valence-electron chi connectivity index (χ3n) is 4.12. The first-order valence-corrected chi connectivity index (χ1v) is 8.38. The maximum atomic E-state index is 11.4. The van der Waals surface area contributed by atoms with E-state index in [9.17, 15) is 9.90 Å². The number of ether oxygens (including phenoxy) is 1. The number of aromatic nitrogens is 1. The molecule has 0 aliphatic heterocycles. The summed E-state index contributed by atoms with van der Waals surface area (Å²) >= 11 is 1.55. The van der Waals surface area contributed by atoms with E-state index in [0.717, 1.165) is 28.3 Å². The van der Waals surface area contributed by atoms with E-state index < -0.39 is 5.97 Å². The van der Waals surface area contributed by atoms with Crippen molar-refractivity contribution in [3.63, 3.8) is 0 Å². The lowest BCUT2D eigenvalue weighted by Crippen LogP contribution is -2.46. The van der Waals surface area contributed by atoms with Crippen molar-refractivity contribution in [1.29, 1.82) is 0 Å². The van der Waals surface area contributed by atoms with Crippen molar-refractivity contribution in [3.05, 3.63) is 34.8 Å². The Morgan fingerprint density at radius 3 is 2.65 bits per heavy atom. The Morgan fingerprint density at radius 1 is 1.35 bits per heavy atom. The summed E-state index contributed by atoms with van der Waals surface area (Å²) in [6.45, 7) is 1.98. The molecule has 3 rings (SSSR count). The third kappa shape index (κ3) is 3.54. The molecule has 1 aromatic carbocycles. The fraction of sp³-hybridized carbons (Fsp3) is 0.412.